The van der Waals surface area contributed by atoms with Crippen molar-refractivity contribution in [2.24, 2.45) is 0 Å². The molecule has 0 fully saturated rings. The molecule has 2 aromatic rings. The highest BCUT2D eigenvalue weighted by Gasteiger charge is 2.13. The maximum absolute atomic E-state index is 12.1. The summed E-state index contributed by atoms with van der Waals surface area (Å²) in [4.78, 5) is 24.1. The summed E-state index contributed by atoms with van der Waals surface area (Å²) in [5.41, 5.74) is 3.11. The number of hydrogen-bond donors (Lipinski definition) is 2. The number of carbonyl (C=O) groups excluding carboxylic acids is 2. The Labute approximate surface area is 165 Å². The van der Waals surface area contributed by atoms with Gasteiger partial charge < -0.3 is 10.2 Å². The van der Waals surface area contributed by atoms with E-state index in [4.69, 9.17) is 0 Å². The van der Waals surface area contributed by atoms with E-state index in [1.54, 1.807) is 24.3 Å². The van der Waals surface area contributed by atoms with Gasteiger partial charge in [0.25, 0.3) is 0 Å². The molecule has 146 valence electrons. The number of hydrogen-bond acceptors (Lipinski definition) is 4. The van der Waals surface area contributed by atoms with Crippen LogP contribution < -0.4 is 0 Å². The standard InChI is InChI=1S/C24H26O4/c1-15(2)17-5-9-19(10-6-17)21(25)13-23(27)24(28)14-22(26)20-11-7-18(8-12-20)16(3)4/h5-16,25-26H,1-4H3/b21-13-,22-14-. The minimum atomic E-state index is -0.907. The first kappa shape index (κ1) is 21.2. The third kappa shape index (κ3) is 5.43. The molecule has 0 aliphatic rings. The third-order valence-electron chi connectivity index (χ3n) is 4.52. The molecular formula is C24H26O4. The first-order valence-corrected chi connectivity index (χ1v) is 9.29. The first-order valence-electron chi connectivity index (χ1n) is 9.29. The number of aliphatic hydroxyl groups excluding tert-OH is 2. The zero-order valence-corrected chi connectivity index (χ0v) is 16.6. The van der Waals surface area contributed by atoms with Crippen LogP contribution in [0.4, 0.5) is 0 Å². The van der Waals surface area contributed by atoms with Gasteiger partial charge in [-0.25, -0.2) is 0 Å². The summed E-state index contributed by atoms with van der Waals surface area (Å²) in [5, 5.41) is 20.2. The van der Waals surface area contributed by atoms with Crippen LogP contribution in [0.5, 0.6) is 0 Å². The van der Waals surface area contributed by atoms with Crippen molar-refractivity contribution in [3.8, 4) is 0 Å². The monoisotopic (exact) mass is 378 g/mol. The van der Waals surface area contributed by atoms with E-state index in [-0.39, 0.29) is 11.5 Å². The molecule has 0 spiro atoms. The number of allylic oxidation sites excluding steroid dienone is 2. The zero-order valence-electron chi connectivity index (χ0n) is 16.6. The van der Waals surface area contributed by atoms with Crippen LogP contribution in [-0.4, -0.2) is 21.8 Å². The molecule has 0 radical (unpaired) electrons. The average Bonchev–Trinajstić information content (AvgIpc) is 2.67. The van der Waals surface area contributed by atoms with Gasteiger partial charge in [0.1, 0.15) is 11.5 Å². The molecule has 4 heteroatoms. The summed E-state index contributed by atoms with van der Waals surface area (Å²) < 4.78 is 0. The van der Waals surface area contributed by atoms with E-state index in [1.165, 1.54) is 0 Å². The van der Waals surface area contributed by atoms with E-state index in [2.05, 4.69) is 27.7 Å². The van der Waals surface area contributed by atoms with Gasteiger partial charge in [0.15, 0.2) is 0 Å². The van der Waals surface area contributed by atoms with Crippen LogP contribution in [0.2, 0.25) is 0 Å². The minimum Gasteiger partial charge on any atom is -0.507 e. The Morgan fingerprint density at radius 1 is 0.643 bits per heavy atom. The fraction of sp³-hybridized carbons (Fsp3) is 0.250. The highest BCUT2D eigenvalue weighted by molar-refractivity contribution is 6.47. The van der Waals surface area contributed by atoms with Crippen molar-refractivity contribution in [2.75, 3.05) is 0 Å². The Bertz CT molecular complexity index is 821. The Kier molecular flexibility index (Phi) is 6.94. The number of aliphatic hydroxyl groups is 2. The second kappa shape index (κ2) is 9.18. The van der Waals surface area contributed by atoms with Crippen LogP contribution >= 0.6 is 0 Å². The molecule has 0 bridgehead atoms. The molecule has 0 aromatic heterocycles. The van der Waals surface area contributed by atoms with Crippen LogP contribution in [0.15, 0.2) is 60.7 Å². The van der Waals surface area contributed by atoms with Gasteiger partial charge in [0, 0.05) is 23.3 Å². The summed E-state index contributed by atoms with van der Waals surface area (Å²) in [5.74, 6) is -1.69. The fourth-order valence-electron chi connectivity index (χ4n) is 2.63. The Morgan fingerprint density at radius 2 is 0.929 bits per heavy atom. The van der Waals surface area contributed by atoms with Crippen molar-refractivity contribution in [3.63, 3.8) is 0 Å². The van der Waals surface area contributed by atoms with Gasteiger partial charge in [-0.3, -0.25) is 9.59 Å². The lowest BCUT2D eigenvalue weighted by molar-refractivity contribution is -0.130. The van der Waals surface area contributed by atoms with Crippen LogP contribution in [0.3, 0.4) is 0 Å². The molecular weight excluding hydrogens is 352 g/mol. The molecule has 0 aliphatic heterocycles. The molecule has 2 rings (SSSR count). The fourth-order valence-corrected chi connectivity index (χ4v) is 2.63. The van der Waals surface area contributed by atoms with Gasteiger partial charge in [-0.1, -0.05) is 76.2 Å². The smallest absolute Gasteiger partial charge is 0.229 e. The number of rotatable bonds is 7. The van der Waals surface area contributed by atoms with Gasteiger partial charge in [-0.2, -0.15) is 0 Å². The van der Waals surface area contributed by atoms with E-state index in [1.807, 2.05) is 24.3 Å². The summed E-state index contributed by atoms with van der Waals surface area (Å²) in [6.45, 7) is 8.23. The molecule has 0 atom stereocenters. The summed E-state index contributed by atoms with van der Waals surface area (Å²) in [6, 6.07) is 14.2. The lowest BCUT2D eigenvalue weighted by Gasteiger charge is -2.06. The van der Waals surface area contributed by atoms with Crippen LogP contribution in [0.25, 0.3) is 11.5 Å². The van der Waals surface area contributed by atoms with Crippen molar-refractivity contribution in [1.29, 1.82) is 0 Å². The summed E-state index contributed by atoms with van der Waals surface area (Å²) in [7, 11) is 0. The van der Waals surface area contributed by atoms with Crippen LogP contribution in [0, 0.1) is 0 Å². The van der Waals surface area contributed by atoms with Gasteiger partial charge in [0.2, 0.25) is 11.6 Å². The summed E-state index contributed by atoms with van der Waals surface area (Å²) >= 11 is 0. The lowest BCUT2D eigenvalue weighted by atomic mass is 10.0. The molecule has 2 N–H and O–H groups in total. The van der Waals surface area contributed by atoms with Gasteiger partial charge in [-0.05, 0) is 23.0 Å². The molecule has 0 saturated heterocycles. The minimum absolute atomic E-state index is 0.289. The predicted molar refractivity (Wildman–Crippen MR) is 112 cm³/mol. The maximum atomic E-state index is 12.1. The zero-order chi connectivity index (χ0) is 20.8. The van der Waals surface area contributed by atoms with E-state index >= 15 is 0 Å². The van der Waals surface area contributed by atoms with E-state index in [0.717, 1.165) is 23.3 Å². The third-order valence-corrected chi connectivity index (χ3v) is 4.52. The normalized spacial score (nSPS) is 12.5. The molecule has 0 heterocycles. The maximum Gasteiger partial charge on any atom is 0.229 e. The molecule has 0 saturated carbocycles. The molecule has 28 heavy (non-hydrogen) atoms. The van der Waals surface area contributed by atoms with Crippen molar-refractivity contribution in [3.05, 3.63) is 82.9 Å². The first-order chi connectivity index (χ1) is 13.2. The van der Waals surface area contributed by atoms with Gasteiger partial charge in [0.05, 0.1) is 0 Å². The number of benzene rings is 2. The quantitative estimate of drug-likeness (QED) is 0.375. The predicted octanol–water partition coefficient (Wildman–Crippen LogP) is 5.57. The van der Waals surface area contributed by atoms with Gasteiger partial charge in [-0.15, -0.1) is 0 Å². The summed E-state index contributed by atoms with van der Waals surface area (Å²) in [6.07, 6.45) is 1.75. The van der Waals surface area contributed by atoms with Crippen molar-refractivity contribution in [2.45, 2.75) is 39.5 Å². The van der Waals surface area contributed by atoms with Crippen LogP contribution in [0.1, 0.15) is 61.8 Å². The largest absolute Gasteiger partial charge is 0.507 e. The van der Waals surface area contributed by atoms with Crippen molar-refractivity contribution >= 4 is 23.1 Å². The van der Waals surface area contributed by atoms with E-state index in [0.29, 0.717) is 23.0 Å². The molecule has 0 unspecified atom stereocenters. The second-order valence-electron chi connectivity index (χ2n) is 7.34. The van der Waals surface area contributed by atoms with Crippen molar-refractivity contribution < 1.29 is 19.8 Å². The Balaban J connectivity index is 2.13. The number of carbonyl (C=O) groups is 2. The van der Waals surface area contributed by atoms with E-state index in [9.17, 15) is 19.8 Å². The van der Waals surface area contributed by atoms with E-state index < -0.39 is 11.6 Å². The lowest BCUT2D eigenvalue weighted by Crippen LogP contribution is -2.09. The average molecular weight is 378 g/mol. The van der Waals surface area contributed by atoms with Gasteiger partial charge >= 0.3 is 0 Å². The molecule has 2 aromatic carbocycles. The Hall–Kier alpha value is -3.14. The molecule has 0 aliphatic carbocycles. The topological polar surface area (TPSA) is 74.6 Å². The molecule has 0 amide bonds. The second-order valence-corrected chi connectivity index (χ2v) is 7.34. The molecule has 4 nitrogen and oxygen atoms in total. The highest BCUT2D eigenvalue weighted by atomic mass is 16.3. The number of ketones is 2. The SMILES string of the molecule is CC(C)c1ccc(/C(O)=C/C(=O)C(=O)/C=C(\O)c2ccc(C(C)C)cc2)cc1. The Morgan fingerprint density at radius 3 is 1.18 bits per heavy atom. The highest BCUT2D eigenvalue weighted by Crippen LogP contribution is 2.19. The van der Waals surface area contributed by atoms with Crippen LogP contribution in [-0.2, 0) is 9.59 Å². The van der Waals surface area contributed by atoms with Crippen molar-refractivity contribution in [1.82, 2.24) is 0 Å².